The molecule has 2 fully saturated rings. The average Bonchev–Trinajstić information content (AvgIpc) is 3.26. The van der Waals surface area contributed by atoms with Crippen molar-refractivity contribution in [2.45, 2.75) is 23.3 Å². The Balaban J connectivity index is 1.45. The molecule has 1 saturated carbocycles. The third-order valence-corrected chi connectivity index (χ3v) is 5.04. The number of hydrogen-bond acceptors (Lipinski definition) is 4. The number of benzene rings is 1. The van der Waals surface area contributed by atoms with Gasteiger partial charge in [-0.05, 0) is 43.0 Å². The molecule has 3 rings (SSSR count). The van der Waals surface area contributed by atoms with Gasteiger partial charge in [0.05, 0.1) is 26.0 Å². The first-order valence-electron chi connectivity index (χ1n) is 6.88. The van der Waals surface area contributed by atoms with E-state index in [9.17, 15) is 9.90 Å². The van der Waals surface area contributed by atoms with E-state index in [1.807, 2.05) is 24.3 Å². The summed E-state index contributed by atoms with van der Waals surface area (Å²) in [5.41, 5.74) is -0.583. The third kappa shape index (κ3) is 2.79. The molecule has 108 valence electrons. The number of thioether (sulfide) groups is 1. The standard InChI is InChI=1S/C15H19NO3S/c1-19-12-4-6-13(7-5-12)20-8-14(17)16-9-15(18,10-16)11-2-3-11/h4-7,11,18H,2-3,8-10H2,1H3. The summed E-state index contributed by atoms with van der Waals surface area (Å²) in [6, 6.07) is 7.69. The number of carbonyl (C=O) groups is 1. The Kier molecular flexibility index (Phi) is 3.65. The monoisotopic (exact) mass is 293 g/mol. The van der Waals surface area contributed by atoms with Gasteiger partial charge in [0, 0.05) is 4.90 Å². The predicted octanol–water partition coefficient (Wildman–Crippen LogP) is 1.77. The Morgan fingerprint density at radius 2 is 2.05 bits per heavy atom. The van der Waals surface area contributed by atoms with Crippen LogP contribution in [-0.4, -0.2) is 47.5 Å². The van der Waals surface area contributed by atoms with E-state index in [1.165, 1.54) is 11.8 Å². The second-order valence-electron chi connectivity index (χ2n) is 5.59. The Morgan fingerprint density at radius 1 is 1.40 bits per heavy atom. The molecule has 1 saturated heterocycles. The number of rotatable bonds is 5. The summed E-state index contributed by atoms with van der Waals surface area (Å²) in [5.74, 6) is 1.78. The van der Waals surface area contributed by atoms with Gasteiger partial charge in [-0.1, -0.05) is 0 Å². The molecule has 1 aliphatic carbocycles. The van der Waals surface area contributed by atoms with Gasteiger partial charge in [0.2, 0.25) is 5.91 Å². The van der Waals surface area contributed by atoms with Crippen molar-refractivity contribution in [3.8, 4) is 5.75 Å². The Bertz CT molecular complexity index is 492. The van der Waals surface area contributed by atoms with Crippen molar-refractivity contribution < 1.29 is 14.6 Å². The lowest BCUT2D eigenvalue weighted by Crippen LogP contribution is -2.65. The minimum Gasteiger partial charge on any atom is -0.497 e. The van der Waals surface area contributed by atoms with E-state index in [0.29, 0.717) is 24.8 Å². The van der Waals surface area contributed by atoms with Gasteiger partial charge in [0.1, 0.15) is 11.4 Å². The fraction of sp³-hybridized carbons (Fsp3) is 0.533. The molecule has 0 spiro atoms. The molecule has 0 unspecified atom stereocenters. The minimum absolute atomic E-state index is 0.108. The third-order valence-electron chi connectivity index (χ3n) is 4.04. The predicted molar refractivity (Wildman–Crippen MR) is 78.0 cm³/mol. The zero-order valence-electron chi connectivity index (χ0n) is 11.5. The molecule has 4 nitrogen and oxygen atoms in total. The number of methoxy groups -OCH3 is 1. The van der Waals surface area contributed by atoms with Gasteiger partial charge in [0.25, 0.3) is 0 Å². The maximum atomic E-state index is 12.0. The average molecular weight is 293 g/mol. The second kappa shape index (κ2) is 5.30. The summed E-state index contributed by atoms with van der Waals surface area (Å²) in [4.78, 5) is 14.8. The summed E-state index contributed by atoms with van der Waals surface area (Å²) < 4.78 is 5.10. The highest BCUT2D eigenvalue weighted by atomic mass is 32.2. The van der Waals surface area contributed by atoms with Crippen LogP contribution in [0.25, 0.3) is 0 Å². The fourth-order valence-corrected chi connectivity index (χ4v) is 3.38. The topological polar surface area (TPSA) is 49.8 Å². The first-order chi connectivity index (χ1) is 9.60. The van der Waals surface area contributed by atoms with Crippen molar-refractivity contribution in [2.75, 3.05) is 26.0 Å². The van der Waals surface area contributed by atoms with Crippen LogP contribution in [0.5, 0.6) is 5.75 Å². The molecule has 0 bridgehead atoms. The van der Waals surface area contributed by atoms with Crippen molar-refractivity contribution in [1.29, 1.82) is 0 Å². The number of carbonyl (C=O) groups excluding carboxylic acids is 1. The lowest BCUT2D eigenvalue weighted by atomic mass is 9.89. The maximum Gasteiger partial charge on any atom is 0.233 e. The second-order valence-corrected chi connectivity index (χ2v) is 6.64. The first kappa shape index (κ1) is 13.8. The molecule has 1 heterocycles. The largest absolute Gasteiger partial charge is 0.497 e. The molecule has 1 N–H and O–H groups in total. The van der Waals surface area contributed by atoms with Crippen molar-refractivity contribution in [2.24, 2.45) is 5.92 Å². The quantitative estimate of drug-likeness (QED) is 0.841. The van der Waals surface area contributed by atoms with E-state index < -0.39 is 5.60 Å². The van der Waals surface area contributed by atoms with Crippen LogP contribution in [0.4, 0.5) is 0 Å². The molecule has 20 heavy (non-hydrogen) atoms. The molecule has 0 aromatic heterocycles. The summed E-state index contributed by atoms with van der Waals surface area (Å²) in [5, 5.41) is 10.2. The molecule has 0 radical (unpaired) electrons. The van der Waals surface area contributed by atoms with E-state index >= 15 is 0 Å². The van der Waals surface area contributed by atoms with Crippen LogP contribution >= 0.6 is 11.8 Å². The lowest BCUT2D eigenvalue weighted by Gasteiger charge is -2.47. The van der Waals surface area contributed by atoms with Crippen molar-refractivity contribution in [1.82, 2.24) is 4.90 Å². The molecular formula is C15H19NO3S. The molecule has 5 heteroatoms. The van der Waals surface area contributed by atoms with E-state index in [1.54, 1.807) is 12.0 Å². The molecule has 1 aromatic rings. The van der Waals surface area contributed by atoms with Crippen LogP contribution in [-0.2, 0) is 4.79 Å². The van der Waals surface area contributed by atoms with Gasteiger partial charge < -0.3 is 14.7 Å². The lowest BCUT2D eigenvalue weighted by molar-refractivity contribution is -0.156. The molecular weight excluding hydrogens is 274 g/mol. The number of nitrogens with zero attached hydrogens (tertiary/aromatic N) is 1. The van der Waals surface area contributed by atoms with Gasteiger partial charge in [-0.15, -0.1) is 11.8 Å². The van der Waals surface area contributed by atoms with Crippen LogP contribution in [0.1, 0.15) is 12.8 Å². The van der Waals surface area contributed by atoms with Gasteiger partial charge in [0.15, 0.2) is 0 Å². The zero-order chi connectivity index (χ0) is 14.2. The highest BCUT2D eigenvalue weighted by molar-refractivity contribution is 8.00. The first-order valence-corrected chi connectivity index (χ1v) is 7.86. The highest BCUT2D eigenvalue weighted by Gasteiger charge is 2.53. The van der Waals surface area contributed by atoms with Crippen LogP contribution in [0.3, 0.4) is 0 Å². The number of ether oxygens (including phenoxy) is 1. The molecule has 0 atom stereocenters. The molecule has 1 aliphatic heterocycles. The van der Waals surface area contributed by atoms with Crippen molar-refractivity contribution >= 4 is 17.7 Å². The van der Waals surface area contributed by atoms with Crippen molar-refractivity contribution in [3.63, 3.8) is 0 Å². The highest BCUT2D eigenvalue weighted by Crippen LogP contribution is 2.44. The zero-order valence-corrected chi connectivity index (χ0v) is 12.4. The van der Waals surface area contributed by atoms with Crippen LogP contribution in [0.15, 0.2) is 29.2 Å². The fourth-order valence-electron chi connectivity index (χ4n) is 2.58. The summed E-state index contributed by atoms with van der Waals surface area (Å²) in [7, 11) is 1.64. The van der Waals surface area contributed by atoms with E-state index in [2.05, 4.69) is 0 Å². The summed E-state index contributed by atoms with van der Waals surface area (Å²) in [6.45, 7) is 1.03. The van der Waals surface area contributed by atoms with Crippen LogP contribution in [0.2, 0.25) is 0 Å². The van der Waals surface area contributed by atoms with Gasteiger partial charge in [-0.2, -0.15) is 0 Å². The minimum atomic E-state index is -0.583. The summed E-state index contributed by atoms with van der Waals surface area (Å²) >= 11 is 1.52. The number of β-amino-alcohol motifs (C(OH)–C–C–N with tert-alkyl or cyclic N) is 1. The number of amides is 1. The van der Waals surface area contributed by atoms with Crippen molar-refractivity contribution in [3.05, 3.63) is 24.3 Å². The number of hydrogen-bond donors (Lipinski definition) is 1. The van der Waals surface area contributed by atoms with E-state index in [-0.39, 0.29) is 5.91 Å². The smallest absolute Gasteiger partial charge is 0.233 e. The van der Waals surface area contributed by atoms with Gasteiger partial charge >= 0.3 is 0 Å². The van der Waals surface area contributed by atoms with Crippen LogP contribution < -0.4 is 4.74 Å². The Hall–Kier alpha value is -1.20. The maximum absolute atomic E-state index is 12.0. The normalized spacial score (nSPS) is 20.4. The van der Waals surface area contributed by atoms with Gasteiger partial charge in [-0.3, -0.25) is 4.79 Å². The number of aliphatic hydroxyl groups is 1. The Labute approximate surface area is 123 Å². The van der Waals surface area contributed by atoms with Crippen LogP contribution in [0, 0.1) is 5.92 Å². The SMILES string of the molecule is COc1ccc(SCC(=O)N2CC(O)(C3CC3)C2)cc1. The molecule has 2 aliphatic rings. The number of likely N-dealkylation sites (tertiary alicyclic amines) is 1. The summed E-state index contributed by atoms with van der Waals surface area (Å²) in [6.07, 6.45) is 2.22. The molecule has 1 amide bonds. The van der Waals surface area contributed by atoms with E-state index in [4.69, 9.17) is 4.74 Å². The Morgan fingerprint density at radius 3 is 2.60 bits per heavy atom. The van der Waals surface area contributed by atoms with E-state index in [0.717, 1.165) is 23.5 Å². The molecule has 1 aromatic carbocycles. The van der Waals surface area contributed by atoms with Gasteiger partial charge in [-0.25, -0.2) is 0 Å².